The molecule has 0 N–H and O–H groups in total. The predicted molar refractivity (Wildman–Crippen MR) is 328 cm³/mol. The van der Waals surface area contributed by atoms with Crippen LogP contribution in [-0.2, 0) is 10.8 Å². The highest BCUT2D eigenvalue weighted by atomic mass is 15.2. The molecule has 12 aromatic carbocycles. The van der Waals surface area contributed by atoms with Crippen LogP contribution < -0.4 is 42.6 Å². The Bertz CT molecular complexity index is 4130. The number of anilines is 6. The molecule has 12 aromatic rings. The summed E-state index contributed by atoms with van der Waals surface area (Å²) in [5.74, 6) is 0. The molecule has 0 aliphatic carbocycles. The lowest BCUT2D eigenvalue weighted by molar-refractivity contribution is 0.590. The van der Waals surface area contributed by atoms with E-state index in [1.807, 2.05) is 0 Å². The zero-order valence-corrected chi connectivity index (χ0v) is 43.8. The Morgan fingerprint density at radius 2 is 0.645 bits per heavy atom. The quantitative estimate of drug-likeness (QED) is 0.128. The summed E-state index contributed by atoms with van der Waals surface area (Å²) in [7, 11) is 0. The third-order valence-corrected chi connectivity index (χ3v) is 17.6. The summed E-state index contributed by atoms with van der Waals surface area (Å²) in [4.78, 5) is 5.11. The lowest BCUT2D eigenvalue weighted by atomic mass is 9.31. The minimum Gasteiger partial charge on any atom is -0.311 e. The Labute approximate surface area is 446 Å². The molecular formula is C72H54B2N2. The average molecular weight is 969 g/mol. The summed E-state index contributed by atoms with van der Waals surface area (Å²) in [6.45, 7) is 14.2. The minimum atomic E-state index is -0.109. The standard InChI is InChI=1S/C72H54B2N2/c1-71(2,3)45-35-55-51-39-49(43-23-11-7-12-24-43)53-42-60-66-52(56-36-46(72(4,5)6)38-64-70(56)74(60)58-32-20-22-34-62(58)76(64)48-29-17-10-18-30-48)40-50(44-25-13-8-14-26-44)54-41-59(65(51)67(53)68(54)66)73-57-31-19-21-33-61(57)75(63(37-45)69(55)73)47-27-15-9-16-28-47/h7-42H,1-6H3. The second kappa shape index (κ2) is 15.5. The van der Waals surface area contributed by atoms with Crippen LogP contribution in [0.25, 0.3) is 76.8 Å². The summed E-state index contributed by atoms with van der Waals surface area (Å²) in [6, 6.07) is 83.9. The van der Waals surface area contributed by atoms with Crippen LogP contribution in [0.4, 0.5) is 34.1 Å². The molecule has 16 rings (SSSR count). The fourth-order valence-corrected chi connectivity index (χ4v) is 14.2. The van der Waals surface area contributed by atoms with Crippen LogP contribution in [0.3, 0.4) is 0 Å². The second-order valence-corrected chi connectivity index (χ2v) is 23.9. The number of para-hydroxylation sites is 4. The van der Waals surface area contributed by atoms with E-state index in [2.05, 4.69) is 270 Å². The van der Waals surface area contributed by atoms with Gasteiger partial charge in [0.2, 0.25) is 13.4 Å². The van der Waals surface area contributed by atoms with Gasteiger partial charge in [-0.2, -0.15) is 0 Å². The molecule has 0 fully saturated rings. The van der Waals surface area contributed by atoms with E-state index in [1.54, 1.807) is 0 Å². The summed E-state index contributed by atoms with van der Waals surface area (Å²) < 4.78 is 0. The minimum absolute atomic E-state index is 0.000595. The van der Waals surface area contributed by atoms with Crippen molar-refractivity contribution in [3.8, 4) is 44.5 Å². The van der Waals surface area contributed by atoms with Gasteiger partial charge in [0.1, 0.15) is 0 Å². The molecular weight excluding hydrogens is 914 g/mol. The van der Waals surface area contributed by atoms with Gasteiger partial charge in [-0.3, -0.25) is 0 Å². The molecule has 0 saturated carbocycles. The maximum absolute atomic E-state index is 2.67. The van der Waals surface area contributed by atoms with Crippen molar-refractivity contribution in [2.24, 2.45) is 0 Å². The normalized spacial score (nSPS) is 13.8. The van der Waals surface area contributed by atoms with Gasteiger partial charge in [-0.05, 0) is 181 Å². The molecule has 0 bridgehead atoms. The molecule has 0 spiro atoms. The molecule has 76 heavy (non-hydrogen) atoms. The van der Waals surface area contributed by atoms with Crippen molar-refractivity contribution < 1.29 is 0 Å². The number of hydrogen-bond acceptors (Lipinski definition) is 2. The number of benzene rings is 12. The van der Waals surface area contributed by atoms with Crippen LogP contribution in [-0.4, -0.2) is 13.4 Å². The summed E-state index contributed by atoms with van der Waals surface area (Å²) in [5, 5.41) is 8.17. The van der Waals surface area contributed by atoms with Gasteiger partial charge in [0.05, 0.1) is 0 Å². The highest BCUT2D eigenvalue weighted by Crippen LogP contribution is 2.53. The van der Waals surface area contributed by atoms with E-state index < -0.39 is 0 Å². The van der Waals surface area contributed by atoms with Gasteiger partial charge in [0, 0.05) is 34.1 Å². The fraction of sp³-hybridized carbons (Fsp3) is 0.111. The van der Waals surface area contributed by atoms with Crippen molar-refractivity contribution in [1.82, 2.24) is 0 Å². The van der Waals surface area contributed by atoms with E-state index in [0.717, 1.165) is 0 Å². The first-order valence-electron chi connectivity index (χ1n) is 27.2. The smallest absolute Gasteiger partial charge is 0.248 e. The fourth-order valence-electron chi connectivity index (χ4n) is 14.2. The highest BCUT2D eigenvalue weighted by molar-refractivity contribution is 7.02. The zero-order chi connectivity index (χ0) is 50.9. The largest absolute Gasteiger partial charge is 0.311 e. The van der Waals surface area contributed by atoms with Gasteiger partial charge in [-0.15, -0.1) is 0 Å². The maximum atomic E-state index is 2.67. The van der Waals surface area contributed by atoms with E-state index in [1.165, 1.54) is 155 Å². The Morgan fingerprint density at radius 1 is 0.289 bits per heavy atom. The van der Waals surface area contributed by atoms with Gasteiger partial charge in [-0.25, -0.2) is 0 Å². The van der Waals surface area contributed by atoms with Crippen LogP contribution in [0.5, 0.6) is 0 Å². The highest BCUT2D eigenvalue weighted by Gasteiger charge is 2.46. The van der Waals surface area contributed by atoms with E-state index in [4.69, 9.17) is 0 Å². The Morgan fingerprint density at radius 3 is 1.03 bits per heavy atom. The molecule has 0 aromatic heterocycles. The van der Waals surface area contributed by atoms with Crippen molar-refractivity contribution in [2.45, 2.75) is 52.4 Å². The van der Waals surface area contributed by atoms with Crippen LogP contribution in [0.1, 0.15) is 52.7 Å². The van der Waals surface area contributed by atoms with Crippen LogP contribution in [0.15, 0.2) is 218 Å². The molecule has 2 nitrogen and oxygen atoms in total. The molecule has 4 aliphatic rings. The Balaban J connectivity index is 1.13. The monoisotopic (exact) mass is 968 g/mol. The zero-order valence-electron chi connectivity index (χ0n) is 43.8. The molecule has 4 aliphatic heterocycles. The molecule has 0 amide bonds. The molecule has 0 radical (unpaired) electrons. The summed E-state index contributed by atoms with van der Waals surface area (Å²) in [6.07, 6.45) is 0. The Hall–Kier alpha value is -8.59. The first-order chi connectivity index (χ1) is 37.0. The number of nitrogens with zero attached hydrogens (tertiary/aromatic N) is 2. The van der Waals surface area contributed by atoms with Crippen molar-refractivity contribution in [3.63, 3.8) is 0 Å². The van der Waals surface area contributed by atoms with Crippen LogP contribution in [0, 0.1) is 0 Å². The average Bonchev–Trinajstić information content (AvgIpc) is 3.46. The predicted octanol–water partition coefficient (Wildman–Crippen LogP) is 15.1. The molecule has 0 atom stereocenters. The topological polar surface area (TPSA) is 6.48 Å². The van der Waals surface area contributed by atoms with Gasteiger partial charge < -0.3 is 9.80 Å². The van der Waals surface area contributed by atoms with Gasteiger partial charge in [-0.1, -0.05) is 210 Å². The van der Waals surface area contributed by atoms with Gasteiger partial charge in [0.15, 0.2) is 0 Å². The SMILES string of the molecule is CC(C)(C)c1cc2c3c(c1)N(c1ccccc1)c1ccccc1B3c1cc3c(-c4ccccc4)cc4c5c(cc6c(-c7ccccc7)cc-2c1c6c35)B1c2ccccc2N(c2ccccc2)c2cc(C(C)(C)C)cc-4c21. The molecule has 4 heterocycles. The first-order valence-corrected chi connectivity index (χ1v) is 27.2. The number of hydrogen-bond donors (Lipinski definition) is 0. The molecule has 0 saturated heterocycles. The first kappa shape index (κ1) is 43.8. The van der Waals surface area contributed by atoms with Crippen molar-refractivity contribution >= 4 is 113 Å². The lowest BCUT2D eigenvalue weighted by Gasteiger charge is -2.43. The van der Waals surface area contributed by atoms with Crippen molar-refractivity contribution in [3.05, 3.63) is 230 Å². The Kier molecular flexibility index (Phi) is 8.93. The van der Waals surface area contributed by atoms with E-state index in [9.17, 15) is 0 Å². The summed E-state index contributed by atoms with van der Waals surface area (Å²) in [5.41, 5.74) is 28.4. The van der Waals surface area contributed by atoms with E-state index in [0.29, 0.717) is 0 Å². The third kappa shape index (κ3) is 5.96. The molecule has 0 unspecified atom stereocenters. The second-order valence-electron chi connectivity index (χ2n) is 23.9. The number of fused-ring (bicyclic) bond motifs is 8. The third-order valence-electron chi connectivity index (χ3n) is 17.6. The number of rotatable bonds is 4. The molecule has 4 heteroatoms. The lowest BCUT2D eigenvalue weighted by Crippen LogP contribution is -2.60. The van der Waals surface area contributed by atoms with Crippen LogP contribution >= 0.6 is 0 Å². The van der Waals surface area contributed by atoms with Crippen molar-refractivity contribution in [1.29, 1.82) is 0 Å². The van der Waals surface area contributed by atoms with Crippen molar-refractivity contribution in [2.75, 3.05) is 9.80 Å². The van der Waals surface area contributed by atoms with Gasteiger partial charge in [0.25, 0.3) is 0 Å². The van der Waals surface area contributed by atoms with E-state index in [-0.39, 0.29) is 24.3 Å². The van der Waals surface area contributed by atoms with Crippen LogP contribution in [0.2, 0.25) is 0 Å². The summed E-state index contributed by atoms with van der Waals surface area (Å²) >= 11 is 0. The van der Waals surface area contributed by atoms with E-state index >= 15 is 0 Å². The molecule has 358 valence electrons. The van der Waals surface area contributed by atoms with Gasteiger partial charge >= 0.3 is 0 Å². The maximum Gasteiger partial charge on any atom is 0.248 e.